The Morgan fingerprint density at radius 3 is 2.70 bits per heavy atom. The van der Waals surface area contributed by atoms with Crippen LogP contribution in [0.3, 0.4) is 0 Å². The molecule has 1 saturated heterocycles. The Bertz CT molecular complexity index is 1750. The van der Waals surface area contributed by atoms with E-state index in [4.69, 9.17) is 20.0 Å². The molecule has 2 N–H and O–H groups in total. The van der Waals surface area contributed by atoms with Gasteiger partial charge >= 0.3 is 0 Å². The summed E-state index contributed by atoms with van der Waals surface area (Å²) in [5.74, 6) is 2.50. The molecule has 2 aromatic carbocycles. The summed E-state index contributed by atoms with van der Waals surface area (Å²) in [5.41, 5.74) is 11.6. The van der Waals surface area contributed by atoms with Gasteiger partial charge in [-0.1, -0.05) is 23.4 Å². The number of para-hydroxylation sites is 1. The molecule has 3 fully saturated rings. The van der Waals surface area contributed by atoms with Crippen molar-refractivity contribution in [3.05, 3.63) is 66.1 Å². The van der Waals surface area contributed by atoms with E-state index in [2.05, 4.69) is 44.6 Å². The minimum atomic E-state index is -0.00158. The summed E-state index contributed by atoms with van der Waals surface area (Å²) in [5, 5.41) is 5.38. The molecule has 2 unspecified atom stereocenters. The van der Waals surface area contributed by atoms with Crippen molar-refractivity contribution in [1.82, 2.24) is 24.2 Å². The lowest BCUT2D eigenvalue weighted by Gasteiger charge is -2.27. The number of carbonyl (C=O) groups excluding carboxylic acids is 1. The Morgan fingerprint density at radius 1 is 1.10 bits per heavy atom. The zero-order valence-electron chi connectivity index (χ0n) is 22.5. The summed E-state index contributed by atoms with van der Waals surface area (Å²) in [7, 11) is 1.65. The largest absolute Gasteiger partial charge is 0.494 e. The molecular formula is C31H32N6O3. The van der Waals surface area contributed by atoms with Crippen molar-refractivity contribution >= 4 is 27.8 Å². The molecular weight excluding hydrogens is 504 g/mol. The molecule has 0 spiro atoms. The van der Waals surface area contributed by atoms with Gasteiger partial charge in [-0.2, -0.15) is 0 Å². The predicted octanol–water partition coefficient (Wildman–Crippen LogP) is 4.67. The number of benzene rings is 2. The smallest absolute Gasteiger partial charge is 0.254 e. The minimum absolute atomic E-state index is 0.00158. The zero-order valence-corrected chi connectivity index (χ0v) is 22.5. The van der Waals surface area contributed by atoms with Gasteiger partial charge in [0.25, 0.3) is 5.91 Å². The fourth-order valence-corrected chi connectivity index (χ4v) is 6.94. The highest BCUT2D eigenvalue weighted by Crippen LogP contribution is 2.40. The van der Waals surface area contributed by atoms with E-state index < -0.39 is 0 Å². The average Bonchev–Trinajstić information content (AvgIpc) is 3.34. The maximum atomic E-state index is 13.8. The lowest BCUT2D eigenvalue weighted by molar-refractivity contribution is 0.0700. The number of rotatable bonds is 7. The average molecular weight is 537 g/mol. The summed E-state index contributed by atoms with van der Waals surface area (Å²) >= 11 is 0. The molecule has 3 aromatic heterocycles. The van der Waals surface area contributed by atoms with E-state index in [9.17, 15) is 4.79 Å². The molecule has 4 heterocycles. The maximum absolute atomic E-state index is 13.8. The van der Waals surface area contributed by atoms with Crippen molar-refractivity contribution in [1.29, 1.82) is 0 Å². The van der Waals surface area contributed by atoms with E-state index in [1.165, 1.54) is 23.7 Å². The van der Waals surface area contributed by atoms with Gasteiger partial charge in [0.05, 0.1) is 24.9 Å². The number of amides is 1. The molecule has 8 rings (SSSR count). The molecule has 204 valence electrons. The molecule has 2 saturated carbocycles. The van der Waals surface area contributed by atoms with Gasteiger partial charge in [-0.05, 0) is 61.8 Å². The van der Waals surface area contributed by atoms with Crippen molar-refractivity contribution in [2.24, 2.45) is 17.6 Å². The zero-order chi connectivity index (χ0) is 27.0. The highest BCUT2D eigenvalue weighted by molar-refractivity contribution is 6.00. The van der Waals surface area contributed by atoms with E-state index in [1.807, 2.05) is 23.1 Å². The molecule has 3 aliphatic rings. The number of aromatic nitrogens is 4. The van der Waals surface area contributed by atoms with Gasteiger partial charge < -0.3 is 29.0 Å². The van der Waals surface area contributed by atoms with Crippen LogP contribution in [0.1, 0.15) is 41.7 Å². The highest BCUT2D eigenvalue weighted by Gasteiger charge is 2.47. The second kappa shape index (κ2) is 8.96. The SMILES string of the molecule is COc1cc(C(=O)N2CC3CCC2[C@@H]3N)cc2nc(-c3cc4ccccc4n3CC3CC3)n(Cc3ccon3)c12. The number of nitrogens with two attached hydrogens (primary N) is 1. The van der Waals surface area contributed by atoms with Crippen LogP contribution in [0.4, 0.5) is 0 Å². The third-order valence-corrected chi connectivity index (χ3v) is 9.18. The molecule has 2 aliphatic carbocycles. The van der Waals surface area contributed by atoms with Crippen LogP contribution in [0.5, 0.6) is 5.75 Å². The van der Waals surface area contributed by atoms with E-state index in [0.717, 1.165) is 54.2 Å². The number of likely N-dealkylation sites (tertiary alicyclic amines) is 1. The maximum Gasteiger partial charge on any atom is 0.254 e. The molecule has 1 aliphatic heterocycles. The molecule has 2 bridgehead atoms. The first-order valence-electron chi connectivity index (χ1n) is 14.2. The molecule has 9 heteroatoms. The fraction of sp³-hybridized carbons (Fsp3) is 0.387. The van der Waals surface area contributed by atoms with Crippen LogP contribution in [0.2, 0.25) is 0 Å². The van der Waals surface area contributed by atoms with Crippen LogP contribution >= 0.6 is 0 Å². The third-order valence-electron chi connectivity index (χ3n) is 9.18. The molecule has 5 aromatic rings. The Morgan fingerprint density at radius 2 is 1.98 bits per heavy atom. The Hall–Kier alpha value is -4.11. The van der Waals surface area contributed by atoms with Gasteiger partial charge in [0.2, 0.25) is 0 Å². The fourth-order valence-electron chi connectivity index (χ4n) is 6.94. The number of hydrogen-bond acceptors (Lipinski definition) is 6. The van der Waals surface area contributed by atoms with Crippen LogP contribution in [0.15, 0.2) is 59.3 Å². The molecule has 1 amide bonds. The quantitative estimate of drug-likeness (QED) is 0.324. The third kappa shape index (κ3) is 3.67. The van der Waals surface area contributed by atoms with E-state index in [-0.39, 0.29) is 18.0 Å². The van der Waals surface area contributed by atoms with Crippen LogP contribution in [0.25, 0.3) is 33.5 Å². The number of fused-ring (bicyclic) bond motifs is 4. The molecule has 0 radical (unpaired) electrons. The minimum Gasteiger partial charge on any atom is -0.494 e. The van der Waals surface area contributed by atoms with Crippen molar-refractivity contribution < 1.29 is 14.1 Å². The Labute approximate surface area is 231 Å². The lowest BCUT2D eigenvalue weighted by Crippen LogP contribution is -2.41. The van der Waals surface area contributed by atoms with Crippen molar-refractivity contribution in [2.75, 3.05) is 13.7 Å². The van der Waals surface area contributed by atoms with Gasteiger partial charge in [0, 0.05) is 47.7 Å². The number of carbonyl (C=O) groups is 1. The number of hydrogen-bond donors (Lipinski definition) is 1. The standard InChI is InChI=1S/C31H32N6O3/c1-39-27-14-21(31(38)36-16-20-8-9-25(36)28(20)32)12-23-29(27)37(17-22-10-11-40-34-22)30(33-23)26-13-19-4-2-3-5-24(19)35(26)15-18-6-7-18/h2-5,10-14,18,20,25,28H,6-9,15-17,32H2,1H3/t20?,25?,28-/m1/s1. The summed E-state index contributed by atoms with van der Waals surface area (Å²) in [6.07, 6.45) is 6.16. The van der Waals surface area contributed by atoms with Gasteiger partial charge in [-0.15, -0.1) is 0 Å². The number of ether oxygens (including phenoxy) is 1. The monoisotopic (exact) mass is 536 g/mol. The summed E-state index contributed by atoms with van der Waals surface area (Å²) in [6.45, 7) is 2.13. The second-order valence-corrected chi connectivity index (χ2v) is 11.6. The highest BCUT2D eigenvalue weighted by atomic mass is 16.5. The summed E-state index contributed by atoms with van der Waals surface area (Å²) in [6, 6.07) is 16.5. The van der Waals surface area contributed by atoms with Crippen molar-refractivity contribution in [3.63, 3.8) is 0 Å². The summed E-state index contributed by atoms with van der Waals surface area (Å²) in [4.78, 5) is 20.9. The van der Waals surface area contributed by atoms with Crippen LogP contribution < -0.4 is 10.5 Å². The number of nitrogens with zero attached hydrogens (tertiary/aromatic N) is 5. The van der Waals surface area contributed by atoms with E-state index >= 15 is 0 Å². The first-order chi connectivity index (χ1) is 19.6. The number of methoxy groups -OCH3 is 1. The van der Waals surface area contributed by atoms with Gasteiger partial charge in [-0.25, -0.2) is 4.98 Å². The Kier molecular flexibility index (Phi) is 5.32. The van der Waals surface area contributed by atoms with Crippen LogP contribution in [0, 0.1) is 11.8 Å². The number of piperidine rings is 1. The summed E-state index contributed by atoms with van der Waals surface area (Å²) < 4.78 is 15.6. The van der Waals surface area contributed by atoms with E-state index in [0.29, 0.717) is 29.7 Å². The van der Waals surface area contributed by atoms with E-state index in [1.54, 1.807) is 13.4 Å². The molecule has 9 nitrogen and oxygen atoms in total. The second-order valence-electron chi connectivity index (χ2n) is 11.6. The van der Waals surface area contributed by atoms with Crippen molar-refractivity contribution in [2.45, 2.75) is 50.9 Å². The topological polar surface area (TPSA) is 104 Å². The van der Waals surface area contributed by atoms with Crippen LogP contribution in [-0.2, 0) is 13.1 Å². The lowest BCUT2D eigenvalue weighted by atomic mass is 10.1. The van der Waals surface area contributed by atoms with Gasteiger partial charge in [0.1, 0.15) is 23.2 Å². The normalized spacial score (nSPS) is 22.1. The Balaban J connectivity index is 1.31. The van der Waals surface area contributed by atoms with Gasteiger partial charge in [-0.3, -0.25) is 4.79 Å². The molecule has 40 heavy (non-hydrogen) atoms. The first kappa shape index (κ1) is 23.7. The first-order valence-corrected chi connectivity index (χ1v) is 14.2. The van der Waals surface area contributed by atoms with Crippen LogP contribution in [-0.4, -0.2) is 55.8 Å². The van der Waals surface area contributed by atoms with Gasteiger partial charge in [0.15, 0.2) is 5.82 Å². The predicted molar refractivity (Wildman–Crippen MR) is 151 cm³/mol. The number of imidazole rings is 1. The molecule has 3 atom stereocenters. The van der Waals surface area contributed by atoms with Crippen molar-refractivity contribution in [3.8, 4) is 17.3 Å².